The van der Waals surface area contributed by atoms with Crippen LogP contribution in [-0.4, -0.2) is 5.11 Å². The molecule has 0 radical (unpaired) electrons. The standard InChI is InChI=1S/C21H22N2S/c1-15(17-8-4-3-5-9-17)22-21(24)23-16(2)19-13-12-18-10-6-7-11-20(18)14-19/h3-16H,1-2H3,(H2,22,23,24)/t15-,16-/m0/s1. The van der Waals surface area contributed by atoms with Crippen molar-refractivity contribution < 1.29 is 0 Å². The van der Waals surface area contributed by atoms with Crippen LogP contribution in [0.15, 0.2) is 72.8 Å². The van der Waals surface area contributed by atoms with Crippen LogP contribution >= 0.6 is 12.2 Å². The van der Waals surface area contributed by atoms with Gasteiger partial charge in [0.1, 0.15) is 0 Å². The Morgan fingerprint density at radius 1 is 0.708 bits per heavy atom. The summed E-state index contributed by atoms with van der Waals surface area (Å²) in [5.74, 6) is 0. The zero-order valence-electron chi connectivity index (χ0n) is 14.0. The highest BCUT2D eigenvalue weighted by molar-refractivity contribution is 7.80. The normalized spacial score (nSPS) is 13.2. The average molecular weight is 334 g/mol. The monoisotopic (exact) mass is 334 g/mol. The van der Waals surface area contributed by atoms with Crippen molar-refractivity contribution in [3.8, 4) is 0 Å². The Kier molecular flexibility index (Phi) is 5.11. The van der Waals surface area contributed by atoms with E-state index in [9.17, 15) is 0 Å². The second-order valence-electron chi connectivity index (χ2n) is 6.08. The van der Waals surface area contributed by atoms with E-state index in [-0.39, 0.29) is 12.1 Å². The summed E-state index contributed by atoms with van der Waals surface area (Å²) in [6.07, 6.45) is 0. The molecule has 2 nitrogen and oxygen atoms in total. The first-order chi connectivity index (χ1) is 11.6. The Hall–Kier alpha value is -2.39. The molecule has 0 saturated heterocycles. The smallest absolute Gasteiger partial charge is 0.167 e. The fourth-order valence-electron chi connectivity index (χ4n) is 2.82. The molecule has 0 fully saturated rings. The van der Waals surface area contributed by atoms with Gasteiger partial charge in [0, 0.05) is 0 Å². The van der Waals surface area contributed by atoms with Gasteiger partial charge in [-0.3, -0.25) is 0 Å². The zero-order chi connectivity index (χ0) is 16.9. The van der Waals surface area contributed by atoms with E-state index in [1.54, 1.807) is 0 Å². The van der Waals surface area contributed by atoms with E-state index in [4.69, 9.17) is 12.2 Å². The maximum absolute atomic E-state index is 5.48. The number of thiocarbonyl (C=S) groups is 1. The van der Waals surface area contributed by atoms with Gasteiger partial charge in [-0.15, -0.1) is 0 Å². The zero-order valence-corrected chi connectivity index (χ0v) is 14.8. The number of benzene rings is 3. The molecule has 122 valence electrons. The second kappa shape index (κ2) is 7.45. The lowest BCUT2D eigenvalue weighted by molar-refractivity contribution is 0.656. The van der Waals surface area contributed by atoms with Gasteiger partial charge in [-0.1, -0.05) is 66.7 Å². The predicted octanol–water partition coefficient (Wildman–Crippen LogP) is 5.13. The summed E-state index contributed by atoms with van der Waals surface area (Å²) in [6.45, 7) is 4.25. The summed E-state index contributed by atoms with van der Waals surface area (Å²) >= 11 is 5.48. The topological polar surface area (TPSA) is 24.1 Å². The predicted molar refractivity (Wildman–Crippen MR) is 106 cm³/mol. The third-order valence-electron chi connectivity index (χ3n) is 4.27. The third-order valence-corrected chi connectivity index (χ3v) is 4.50. The van der Waals surface area contributed by atoms with Gasteiger partial charge in [-0.05, 0) is 54.0 Å². The lowest BCUT2D eigenvalue weighted by Gasteiger charge is -2.21. The fourth-order valence-corrected chi connectivity index (χ4v) is 3.17. The molecule has 0 aliphatic rings. The molecule has 0 unspecified atom stereocenters. The Balaban J connectivity index is 1.64. The molecule has 2 N–H and O–H groups in total. The molecule has 0 aliphatic carbocycles. The Labute approximate surface area is 148 Å². The molecule has 0 amide bonds. The summed E-state index contributed by atoms with van der Waals surface area (Å²) in [5, 5.41) is 9.92. The van der Waals surface area contributed by atoms with E-state index >= 15 is 0 Å². The average Bonchev–Trinajstić information content (AvgIpc) is 2.61. The highest BCUT2D eigenvalue weighted by atomic mass is 32.1. The minimum Gasteiger partial charge on any atom is -0.356 e. The molecule has 24 heavy (non-hydrogen) atoms. The maximum Gasteiger partial charge on any atom is 0.167 e. The molecule has 3 heteroatoms. The number of nitrogens with one attached hydrogen (secondary N) is 2. The lowest BCUT2D eigenvalue weighted by Crippen LogP contribution is -2.38. The van der Waals surface area contributed by atoms with Gasteiger partial charge < -0.3 is 10.6 Å². The molecule has 3 rings (SSSR count). The van der Waals surface area contributed by atoms with E-state index in [0.717, 1.165) is 0 Å². The Morgan fingerprint density at radius 3 is 2.00 bits per heavy atom. The number of fused-ring (bicyclic) bond motifs is 1. The highest BCUT2D eigenvalue weighted by Crippen LogP contribution is 2.20. The molecule has 3 aromatic carbocycles. The highest BCUT2D eigenvalue weighted by Gasteiger charge is 2.10. The van der Waals surface area contributed by atoms with Gasteiger partial charge in [0.15, 0.2) is 5.11 Å². The van der Waals surface area contributed by atoms with Gasteiger partial charge in [-0.25, -0.2) is 0 Å². The minimum atomic E-state index is 0.151. The van der Waals surface area contributed by atoms with Crippen LogP contribution in [0, 0.1) is 0 Å². The van der Waals surface area contributed by atoms with Crippen LogP contribution in [0.2, 0.25) is 0 Å². The number of rotatable bonds is 4. The van der Waals surface area contributed by atoms with Crippen molar-refractivity contribution in [2.75, 3.05) is 0 Å². The van der Waals surface area contributed by atoms with Crippen LogP contribution in [0.25, 0.3) is 10.8 Å². The van der Waals surface area contributed by atoms with Crippen LogP contribution in [0.5, 0.6) is 0 Å². The number of hydrogen-bond donors (Lipinski definition) is 2. The molecular weight excluding hydrogens is 312 g/mol. The molecule has 0 heterocycles. The first-order valence-electron chi connectivity index (χ1n) is 8.24. The van der Waals surface area contributed by atoms with Gasteiger partial charge in [0.25, 0.3) is 0 Å². The molecule has 3 aromatic rings. The van der Waals surface area contributed by atoms with Crippen LogP contribution in [0.1, 0.15) is 37.1 Å². The SMILES string of the molecule is C[C@H](NC(=S)N[C@@H](C)c1ccc2ccccc2c1)c1ccccc1. The first kappa shape index (κ1) is 16.5. The first-order valence-corrected chi connectivity index (χ1v) is 8.65. The van der Waals surface area contributed by atoms with Gasteiger partial charge in [0.05, 0.1) is 12.1 Å². The number of hydrogen-bond acceptors (Lipinski definition) is 1. The van der Waals surface area contributed by atoms with Crippen LogP contribution in [-0.2, 0) is 0 Å². The quantitative estimate of drug-likeness (QED) is 0.647. The molecule has 0 spiro atoms. The third kappa shape index (κ3) is 3.92. The van der Waals surface area contributed by atoms with Crippen molar-refractivity contribution in [2.24, 2.45) is 0 Å². The van der Waals surface area contributed by atoms with E-state index in [1.807, 2.05) is 18.2 Å². The van der Waals surface area contributed by atoms with Gasteiger partial charge in [-0.2, -0.15) is 0 Å². The fraction of sp³-hybridized carbons (Fsp3) is 0.190. The second-order valence-corrected chi connectivity index (χ2v) is 6.49. The maximum atomic E-state index is 5.48. The van der Waals surface area contributed by atoms with Crippen LogP contribution in [0.4, 0.5) is 0 Å². The molecule has 0 bridgehead atoms. The molecule has 0 aliphatic heterocycles. The van der Waals surface area contributed by atoms with Crippen molar-refractivity contribution >= 4 is 28.1 Å². The van der Waals surface area contributed by atoms with E-state index in [0.29, 0.717) is 5.11 Å². The summed E-state index contributed by atoms with van der Waals surface area (Å²) in [6, 6.07) is 25.6. The summed E-state index contributed by atoms with van der Waals surface area (Å²) in [4.78, 5) is 0. The van der Waals surface area contributed by atoms with Crippen molar-refractivity contribution in [2.45, 2.75) is 25.9 Å². The van der Waals surface area contributed by atoms with Crippen molar-refractivity contribution in [1.29, 1.82) is 0 Å². The summed E-state index contributed by atoms with van der Waals surface area (Å²) in [5.41, 5.74) is 2.45. The van der Waals surface area contributed by atoms with Crippen molar-refractivity contribution in [1.82, 2.24) is 10.6 Å². The molecule has 0 saturated carbocycles. The Morgan fingerprint density at radius 2 is 1.29 bits per heavy atom. The summed E-state index contributed by atoms with van der Waals surface area (Å²) in [7, 11) is 0. The van der Waals surface area contributed by atoms with E-state index in [1.165, 1.54) is 21.9 Å². The van der Waals surface area contributed by atoms with Gasteiger partial charge >= 0.3 is 0 Å². The van der Waals surface area contributed by atoms with E-state index in [2.05, 4.69) is 79.1 Å². The van der Waals surface area contributed by atoms with Crippen molar-refractivity contribution in [3.05, 3.63) is 83.9 Å². The molecule has 2 atom stereocenters. The molecule has 0 aromatic heterocycles. The largest absolute Gasteiger partial charge is 0.356 e. The minimum absolute atomic E-state index is 0.151. The van der Waals surface area contributed by atoms with E-state index < -0.39 is 0 Å². The molecular formula is C21H22N2S. The lowest BCUT2D eigenvalue weighted by atomic mass is 10.0. The van der Waals surface area contributed by atoms with Crippen molar-refractivity contribution in [3.63, 3.8) is 0 Å². The van der Waals surface area contributed by atoms with Crippen LogP contribution < -0.4 is 10.6 Å². The Bertz CT molecular complexity index is 829. The summed E-state index contributed by atoms with van der Waals surface area (Å²) < 4.78 is 0. The van der Waals surface area contributed by atoms with Gasteiger partial charge in [0.2, 0.25) is 0 Å². The van der Waals surface area contributed by atoms with Crippen LogP contribution in [0.3, 0.4) is 0 Å².